The quantitative estimate of drug-likeness (QED) is 0.845. The highest BCUT2D eigenvalue weighted by atomic mass is 79.9. The summed E-state index contributed by atoms with van der Waals surface area (Å²) in [7, 11) is 0. The van der Waals surface area contributed by atoms with Crippen molar-refractivity contribution in [3.63, 3.8) is 0 Å². The van der Waals surface area contributed by atoms with Crippen LogP contribution in [-0.4, -0.2) is 17.3 Å². The fraction of sp³-hybridized carbons (Fsp3) is 0.500. The number of hydrogen-bond acceptors (Lipinski definition) is 2. The summed E-state index contributed by atoms with van der Waals surface area (Å²) in [6.07, 6.45) is 1.95. The molecule has 84 valence electrons. The summed E-state index contributed by atoms with van der Waals surface area (Å²) in [4.78, 5) is 11.6. The van der Waals surface area contributed by atoms with E-state index in [0.29, 0.717) is 17.6 Å². The van der Waals surface area contributed by atoms with E-state index in [2.05, 4.69) is 31.9 Å². The second-order valence-electron chi connectivity index (χ2n) is 3.42. The van der Waals surface area contributed by atoms with Gasteiger partial charge in [-0.2, -0.15) is 0 Å². The van der Waals surface area contributed by atoms with Crippen LogP contribution < -0.4 is 5.56 Å². The molecule has 0 aliphatic carbocycles. The van der Waals surface area contributed by atoms with Gasteiger partial charge in [-0.05, 0) is 51.8 Å². The van der Waals surface area contributed by atoms with Gasteiger partial charge in [-0.15, -0.1) is 0 Å². The van der Waals surface area contributed by atoms with Gasteiger partial charge in [-0.25, -0.2) is 0 Å². The summed E-state index contributed by atoms with van der Waals surface area (Å²) in [6, 6.07) is 1.74. The summed E-state index contributed by atoms with van der Waals surface area (Å²) < 4.78 is 8.44. The first-order chi connectivity index (χ1) is 7.00. The Kier molecular flexibility index (Phi) is 5.02. The van der Waals surface area contributed by atoms with Gasteiger partial charge in [0.1, 0.15) is 0 Å². The Morgan fingerprint density at radius 3 is 2.73 bits per heavy atom. The molecule has 0 aromatic carbocycles. The summed E-state index contributed by atoms with van der Waals surface area (Å²) in [5.41, 5.74) is -0.0365. The van der Waals surface area contributed by atoms with E-state index in [9.17, 15) is 4.79 Å². The number of ether oxygens (including phenoxy) is 1. The zero-order valence-corrected chi connectivity index (χ0v) is 11.8. The lowest BCUT2D eigenvalue weighted by molar-refractivity contribution is 0.0722. The Bertz CT molecular complexity index is 387. The SMILES string of the molecule is CC(C)OCCn1cc(Br)cc(Br)c1=O. The van der Waals surface area contributed by atoms with Crippen molar-refractivity contribution in [1.82, 2.24) is 4.57 Å². The molecule has 0 fully saturated rings. The molecule has 0 amide bonds. The van der Waals surface area contributed by atoms with Crippen LogP contribution in [0.3, 0.4) is 0 Å². The minimum atomic E-state index is -0.0365. The normalized spacial score (nSPS) is 11.0. The van der Waals surface area contributed by atoms with E-state index in [0.717, 1.165) is 4.47 Å². The van der Waals surface area contributed by atoms with Gasteiger partial charge in [-0.3, -0.25) is 4.79 Å². The van der Waals surface area contributed by atoms with Gasteiger partial charge in [0.05, 0.1) is 17.2 Å². The van der Waals surface area contributed by atoms with Gasteiger partial charge in [-0.1, -0.05) is 0 Å². The lowest BCUT2D eigenvalue weighted by atomic mass is 10.4. The first-order valence-electron chi connectivity index (χ1n) is 4.68. The first kappa shape index (κ1) is 12.9. The van der Waals surface area contributed by atoms with E-state index in [4.69, 9.17) is 4.74 Å². The first-order valence-corrected chi connectivity index (χ1v) is 6.26. The van der Waals surface area contributed by atoms with Crippen molar-refractivity contribution in [2.45, 2.75) is 26.5 Å². The van der Waals surface area contributed by atoms with E-state index >= 15 is 0 Å². The lowest BCUT2D eigenvalue weighted by Crippen LogP contribution is -2.23. The van der Waals surface area contributed by atoms with Gasteiger partial charge in [0, 0.05) is 17.2 Å². The van der Waals surface area contributed by atoms with E-state index in [1.807, 2.05) is 13.8 Å². The van der Waals surface area contributed by atoms with E-state index in [1.54, 1.807) is 16.8 Å². The molecule has 3 nitrogen and oxygen atoms in total. The molecule has 1 aromatic rings. The summed E-state index contributed by atoms with van der Waals surface area (Å²) in [5.74, 6) is 0. The smallest absolute Gasteiger partial charge is 0.264 e. The number of pyridine rings is 1. The van der Waals surface area contributed by atoms with Crippen molar-refractivity contribution >= 4 is 31.9 Å². The van der Waals surface area contributed by atoms with Crippen LogP contribution in [0.1, 0.15) is 13.8 Å². The third-order valence-electron chi connectivity index (χ3n) is 1.79. The van der Waals surface area contributed by atoms with Crippen LogP contribution >= 0.6 is 31.9 Å². The number of nitrogens with zero attached hydrogens (tertiary/aromatic N) is 1. The monoisotopic (exact) mass is 337 g/mol. The van der Waals surface area contributed by atoms with E-state index in [-0.39, 0.29) is 11.7 Å². The van der Waals surface area contributed by atoms with Crippen molar-refractivity contribution in [1.29, 1.82) is 0 Å². The van der Waals surface area contributed by atoms with Crippen molar-refractivity contribution in [3.8, 4) is 0 Å². The Labute approximate surface area is 106 Å². The predicted molar refractivity (Wildman–Crippen MR) is 67.2 cm³/mol. The second kappa shape index (κ2) is 5.82. The Hall–Kier alpha value is -0.130. The Morgan fingerprint density at radius 1 is 1.47 bits per heavy atom. The number of rotatable bonds is 4. The standard InChI is InChI=1S/C10H13Br2NO2/c1-7(2)15-4-3-13-6-8(11)5-9(12)10(13)14/h5-7H,3-4H2,1-2H3. The highest BCUT2D eigenvalue weighted by molar-refractivity contribution is 9.11. The van der Waals surface area contributed by atoms with Crippen LogP contribution in [-0.2, 0) is 11.3 Å². The topological polar surface area (TPSA) is 31.2 Å². The highest BCUT2D eigenvalue weighted by Gasteiger charge is 2.03. The fourth-order valence-corrected chi connectivity index (χ4v) is 2.38. The average Bonchev–Trinajstić information content (AvgIpc) is 2.12. The van der Waals surface area contributed by atoms with Crippen molar-refractivity contribution in [3.05, 3.63) is 31.6 Å². The molecule has 1 heterocycles. The molecule has 0 aliphatic heterocycles. The van der Waals surface area contributed by atoms with Gasteiger partial charge in [0.25, 0.3) is 5.56 Å². The van der Waals surface area contributed by atoms with E-state index < -0.39 is 0 Å². The van der Waals surface area contributed by atoms with Gasteiger partial charge >= 0.3 is 0 Å². The maximum absolute atomic E-state index is 11.6. The minimum absolute atomic E-state index is 0.0365. The van der Waals surface area contributed by atoms with Crippen LogP contribution in [0.4, 0.5) is 0 Å². The molecule has 1 rings (SSSR count). The van der Waals surface area contributed by atoms with Crippen molar-refractivity contribution in [2.75, 3.05) is 6.61 Å². The molecule has 0 unspecified atom stereocenters. The number of hydrogen-bond donors (Lipinski definition) is 0. The van der Waals surface area contributed by atoms with Gasteiger partial charge in [0.15, 0.2) is 0 Å². The van der Waals surface area contributed by atoms with Crippen LogP contribution in [0, 0.1) is 0 Å². The highest BCUT2D eigenvalue weighted by Crippen LogP contribution is 2.12. The summed E-state index contributed by atoms with van der Waals surface area (Å²) >= 11 is 6.55. The third-order valence-corrected chi connectivity index (χ3v) is 2.79. The predicted octanol–water partition coefficient (Wildman–Crippen LogP) is 2.80. The zero-order chi connectivity index (χ0) is 11.4. The third kappa shape index (κ3) is 4.09. The van der Waals surface area contributed by atoms with Gasteiger partial charge < -0.3 is 9.30 Å². The number of halogens is 2. The molecule has 0 atom stereocenters. The summed E-state index contributed by atoms with van der Waals surface area (Å²) in [6.45, 7) is 5.05. The van der Waals surface area contributed by atoms with Crippen LogP contribution in [0.15, 0.2) is 26.0 Å². The molecule has 0 radical (unpaired) electrons. The summed E-state index contributed by atoms with van der Waals surface area (Å²) in [5, 5.41) is 0. The molecule has 1 aromatic heterocycles. The van der Waals surface area contributed by atoms with E-state index in [1.165, 1.54) is 0 Å². The Balaban J connectivity index is 2.73. The molecule has 15 heavy (non-hydrogen) atoms. The number of aromatic nitrogens is 1. The lowest BCUT2D eigenvalue weighted by Gasteiger charge is -2.09. The van der Waals surface area contributed by atoms with Crippen LogP contribution in [0.2, 0.25) is 0 Å². The Morgan fingerprint density at radius 2 is 2.13 bits per heavy atom. The molecule has 0 spiro atoms. The molecular weight excluding hydrogens is 326 g/mol. The van der Waals surface area contributed by atoms with Crippen LogP contribution in [0.25, 0.3) is 0 Å². The maximum atomic E-state index is 11.6. The molecular formula is C10H13Br2NO2. The molecule has 0 bridgehead atoms. The average molecular weight is 339 g/mol. The minimum Gasteiger partial charge on any atom is -0.377 e. The van der Waals surface area contributed by atoms with Gasteiger partial charge in [0.2, 0.25) is 0 Å². The van der Waals surface area contributed by atoms with Crippen molar-refractivity contribution in [2.24, 2.45) is 0 Å². The van der Waals surface area contributed by atoms with Crippen LogP contribution in [0.5, 0.6) is 0 Å². The fourth-order valence-electron chi connectivity index (χ4n) is 1.12. The molecule has 0 saturated carbocycles. The molecule has 5 heteroatoms. The molecule has 0 aliphatic rings. The second-order valence-corrected chi connectivity index (χ2v) is 5.19. The zero-order valence-electron chi connectivity index (χ0n) is 8.67. The molecule has 0 N–H and O–H groups in total. The maximum Gasteiger partial charge on any atom is 0.264 e. The largest absolute Gasteiger partial charge is 0.377 e. The van der Waals surface area contributed by atoms with Crippen molar-refractivity contribution < 1.29 is 4.74 Å². The molecule has 0 saturated heterocycles.